The van der Waals surface area contributed by atoms with E-state index in [0.29, 0.717) is 30.3 Å². The number of ether oxygens (including phenoxy) is 1. The fraction of sp³-hybridized carbons (Fsp3) is 0.464. The molecule has 6 rings (SSSR count). The Morgan fingerprint density at radius 2 is 1.97 bits per heavy atom. The van der Waals surface area contributed by atoms with Crippen molar-refractivity contribution in [1.82, 2.24) is 28.6 Å². The summed E-state index contributed by atoms with van der Waals surface area (Å²) in [5, 5.41) is 8.41. The number of aryl methyl sites for hydroxylation is 1. The molecule has 1 aromatic carbocycles. The summed E-state index contributed by atoms with van der Waals surface area (Å²) in [5.74, 6) is 1.23. The van der Waals surface area contributed by atoms with Crippen molar-refractivity contribution in [2.75, 3.05) is 20.3 Å². The lowest BCUT2D eigenvalue weighted by molar-refractivity contribution is -0.136. The Bertz CT molecular complexity index is 1550. The van der Waals surface area contributed by atoms with E-state index in [9.17, 15) is 18.0 Å². The monoisotopic (exact) mass is 540 g/mol. The van der Waals surface area contributed by atoms with Gasteiger partial charge in [-0.15, -0.1) is 10.2 Å². The first-order valence-electron chi connectivity index (χ1n) is 13.3. The fourth-order valence-electron chi connectivity index (χ4n) is 5.91. The van der Waals surface area contributed by atoms with Crippen molar-refractivity contribution in [3.8, 4) is 5.69 Å². The number of nitrogens with zero attached hydrogens (tertiary/aromatic N) is 6. The number of halogens is 3. The number of aromatic nitrogens is 5. The van der Waals surface area contributed by atoms with Crippen LogP contribution in [0.3, 0.4) is 0 Å². The maximum absolute atomic E-state index is 14.2. The lowest BCUT2D eigenvalue weighted by Crippen LogP contribution is -2.49. The van der Waals surface area contributed by atoms with Crippen molar-refractivity contribution in [3.05, 3.63) is 82.1 Å². The highest BCUT2D eigenvalue weighted by molar-refractivity contribution is 5.58. The molecule has 39 heavy (non-hydrogen) atoms. The number of likely N-dealkylation sites (tertiary alicyclic amines) is 1. The zero-order valence-electron chi connectivity index (χ0n) is 21.9. The number of rotatable bonds is 8. The summed E-state index contributed by atoms with van der Waals surface area (Å²) in [5.41, 5.74) is 0.409. The van der Waals surface area contributed by atoms with E-state index in [4.69, 9.17) is 4.74 Å². The van der Waals surface area contributed by atoms with Crippen molar-refractivity contribution in [2.24, 2.45) is 13.0 Å². The van der Waals surface area contributed by atoms with Gasteiger partial charge in [0.15, 0.2) is 0 Å². The maximum Gasteiger partial charge on any atom is 0.418 e. The van der Waals surface area contributed by atoms with Gasteiger partial charge in [-0.25, -0.2) is 4.79 Å². The van der Waals surface area contributed by atoms with Crippen molar-refractivity contribution < 1.29 is 17.9 Å². The van der Waals surface area contributed by atoms with Crippen LogP contribution in [0.15, 0.2) is 53.8 Å². The standard InChI is InChI=1S/C28H31F3N6O2/c1-34-17-32-33-26(34)25(19-5-3-6-19)20-7-4-8-21(12-20)36-15-24-23(28(29,30)31)11-18(14-37(24)27(36)38)13-35-10-9-22(35)16-39-2/h4,7-8,11-12,14-15,17,19,22,25H,3,5-6,9-10,13,16H2,1-2H3/t22-,25-/m1/s1. The molecule has 2 atom stereocenters. The predicted molar refractivity (Wildman–Crippen MR) is 139 cm³/mol. The lowest BCUT2D eigenvalue weighted by atomic mass is 9.72. The molecule has 0 radical (unpaired) electrons. The van der Waals surface area contributed by atoms with Gasteiger partial charge in [0.25, 0.3) is 0 Å². The molecule has 1 saturated carbocycles. The van der Waals surface area contributed by atoms with Crippen LogP contribution in [0, 0.1) is 5.92 Å². The minimum atomic E-state index is -4.61. The van der Waals surface area contributed by atoms with Gasteiger partial charge in [-0.2, -0.15) is 13.2 Å². The van der Waals surface area contributed by atoms with E-state index in [-0.39, 0.29) is 17.5 Å². The van der Waals surface area contributed by atoms with Gasteiger partial charge in [-0.05, 0) is 54.5 Å². The van der Waals surface area contributed by atoms with Crippen LogP contribution in [-0.2, 0) is 24.5 Å². The van der Waals surface area contributed by atoms with Crippen LogP contribution >= 0.6 is 0 Å². The molecule has 1 saturated heterocycles. The van der Waals surface area contributed by atoms with Gasteiger partial charge in [0, 0.05) is 51.6 Å². The fourth-order valence-corrected chi connectivity index (χ4v) is 5.91. The largest absolute Gasteiger partial charge is 0.418 e. The number of pyridine rings is 1. The number of methoxy groups -OCH3 is 1. The van der Waals surface area contributed by atoms with Gasteiger partial charge in [-0.3, -0.25) is 13.9 Å². The maximum atomic E-state index is 14.2. The van der Waals surface area contributed by atoms with Crippen LogP contribution in [0.4, 0.5) is 13.2 Å². The van der Waals surface area contributed by atoms with E-state index >= 15 is 0 Å². The van der Waals surface area contributed by atoms with Crippen LogP contribution < -0.4 is 5.69 Å². The lowest BCUT2D eigenvalue weighted by Gasteiger charge is -2.40. The van der Waals surface area contributed by atoms with E-state index in [1.165, 1.54) is 23.0 Å². The summed E-state index contributed by atoms with van der Waals surface area (Å²) in [4.78, 5) is 15.6. The number of imidazole rings is 1. The van der Waals surface area contributed by atoms with Gasteiger partial charge in [0.1, 0.15) is 12.2 Å². The molecule has 206 valence electrons. The highest BCUT2D eigenvalue weighted by atomic mass is 19.4. The quantitative estimate of drug-likeness (QED) is 0.332. The summed E-state index contributed by atoms with van der Waals surface area (Å²) in [6, 6.07) is 8.81. The van der Waals surface area contributed by atoms with Crippen LogP contribution in [0.25, 0.3) is 11.2 Å². The molecule has 1 aliphatic heterocycles. The molecule has 1 aliphatic carbocycles. The second-order valence-corrected chi connectivity index (χ2v) is 10.7. The average molecular weight is 541 g/mol. The highest BCUT2D eigenvalue weighted by Gasteiger charge is 2.36. The Morgan fingerprint density at radius 1 is 1.15 bits per heavy atom. The van der Waals surface area contributed by atoms with E-state index in [1.54, 1.807) is 19.5 Å². The normalized spacial score (nSPS) is 19.3. The Morgan fingerprint density at radius 3 is 2.59 bits per heavy atom. The number of hydrogen-bond donors (Lipinski definition) is 0. The smallest absolute Gasteiger partial charge is 0.383 e. The Kier molecular flexibility index (Phi) is 6.58. The molecule has 0 N–H and O–H groups in total. The predicted octanol–water partition coefficient (Wildman–Crippen LogP) is 4.39. The molecule has 2 aliphatic rings. The summed E-state index contributed by atoms with van der Waals surface area (Å²) >= 11 is 0. The number of alkyl halides is 3. The van der Waals surface area contributed by atoms with E-state index in [0.717, 1.165) is 48.0 Å². The van der Waals surface area contributed by atoms with Crippen LogP contribution in [0.1, 0.15) is 54.1 Å². The average Bonchev–Trinajstić information content (AvgIpc) is 3.44. The third-order valence-electron chi connectivity index (χ3n) is 8.29. The molecule has 2 fully saturated rings. The molecular formula is C28H31F3N6O2. The third kappa shape index (κ3) is 4.67. The van der Waals surface area contributed by atoms with Crippen LogP contribution in [0.2, 0.25) is 0 Å². The van der Waals surface area contributed by atoms with Crippen molar-refractivity contribution in [2.45, 2.75) is 50.4 Å². The topological polar surface area (TPSA) is 69.6 Å². The summed E-state index contributed by atoms with van der Waals surface area (Å²) < 4.78 is 52.2. The first-order valence-corrected chi connectivity index (χ1v) is 13.3. The summed E-state index contributed by atoms with van der Waals surface area (Å²) in [7, 11) is 3.52. The number of hydrogen-bond acceptors (Lipinski definition) is 5. The Labute approximate surface area is 223 Å². The molecule has 0 spiro atoms. The Hall–Kier alpha value is -3.44. The second-order valence-electron chi connectivity index (χ2n) is 10.7. The van der Waals surface area contributed by atoms with Gasteiger partial charge >= 0.3 is 11.9 Å². The molecule has 0 bridgehead atoms. The molecule has 3 aromatic heterocycles. The molecule has 0 unspecified atom stereocenters. The minimum absolute atomic E-state index is 0.00663. The molecule has 4 heterocycles. The number of fused-ring (bicyclic) bond motifs is 1. The second kappa shape index (κ2) is 9.95. The van der Waals surface area contributed by atoms with Crippen LogP contribution in [0.5, 0.6) is 0 Å². The summed E-state index contributed by atoms with van der Waals surface area (Å²) in [6.07, 6.45) is 4.11. The molecule has 11 heteroatoms. The zero-order chi connectivity index (χ0) is 27.3. The first-order chi connectivity index (χ1) is 18.7. The van der Waals surface area contributed by atoms with Gasteiger partial charge in [0.05, 0.1) is 23.4 Å². The summed E-state index contributed by atoms with van der Waals surface area (Å²) in [6.45, 7) is 1.63. The van der Waals surface area contributed by atoms with E-state index < -0.39 is 17.4 Å². The van der Waals surface area contributed by atoms with Crippen molar-refractivity contribution >= 4 is 5.52 Å². The van der Waals surface area contributed by atoms with Crippen molar-refractivity contribution in [1.29, 1.82) is 0 Å². The van der Waals surface area contributed by atoms with E-state index in [1.807, 2.05) is 29.8 Å². The third-order valence-corrected chi connectivity index (χ3v) is 8.29. The van der Waals surface area contributed by atoms with E-state index in [2.05, 4.69) is 15.1 Å². The first kappa shape index (κ1) is 25.8. The Balaban J connectivity index is 1.42. The van der Waals surface area contributed by atoms with Gasteiger partial charge in [0.2, 0.25) is 0 Å². The van der Waals surface area contributed by atoms with Crippen molar-refractivity contribution in [3.63, 3.8) is 0 Å². The van der Waals surface area contributed by atoms with Crippen LogP contribution in [-0.4, -0.2) is 54.9 Å². The molecular weight excluding hydrogens is 509 g/mol. The molecule has 8 nitrogen and oxygen atoms in total. The van der Waals surface area contributed by atoms with Gasteiger partial charge in [-0.1, -0.05) is 18.6 Å². The SMILES string of the molecule is COC[C@H]1CCN1Cc1cc(C(F)(F)F)c2cn(-c3cccc([C@H](c4nncn4C)C4CCC4)c3)c(=O)n2c1. The minimum Gasteiger partial charge on any atom is -0.383 e. The van der Waals surface area contributed by atoms with Gasteiger partial charge < -0.3 is 9.30 Å². The molecule has 4 aromatic rings. The number of benzene rings is 1. The molecule has 0 amide bonds. The highest BCUT2D eigenvalue weighted by Crippen LogP contribution is 2.43. The zero-order valence-corrected chi connectivity index (χ0v) is 21.9.